The van der Waals surface area contributed by atoms with Crippen LogP contribution in [0.2, 0.25) is 13.3 Å². The van der Waals surface area contributed by atoms with Crippen LogP contribution in [0, 0.1) is 0 Å². The predicted molar refractivity (Wildman–Crippen MR) is 133 cm³/mol. The summed E-state index contributed by atoms with van der Waals surface area (Å²) in [6.45, 7) is 15.2. The summed E-state index contributed by atoms with van der Waals surface area (Å²) in [6.07, 6.45) is 7.33. The van der Waals surface area contributed by atoms with E-state index in [4.69, 9.17) is 4.74 Å². The summed E-state index contributed by atoms with van der Waals surface area (Å²) in [4.78, 5) is 15.3. The summed E-state index contributed by atoms with van der Waals surface area (Å²) in [5.41, 5.74) is 1.23. The van der Waals surface area contributed by atoms with Gasteiger partial charge in [-0.25, -0.2) is 0 Å². The quantitative estimate of drug-likeness (QED) is 0.229. The number of nitrogens with zero attached hydrogens (tertiary/aromatic N) is 1. The van der Waals surface area contributed by atoms with Gasteiger partial charge in [-0.15, -0.1) is 0 Å². The molecular weight excluding hydrogens is 477 g/mol. The fourth-order valence-electron chi connectivity index (χ4n) is 4.71. The second kappa shape index (κ2) is 14.4. The van der Waals surface area contributed by atoms with E-state index < -0.39 is 18.4 Å². The summed E-state index contributed by atoms with van der Waals surface area (Å²) in [5.74, 6) is 0. The normalized spacial score (nSPS) is 13.0. The maximum atomic E-state index is 13.4. The van der Waals surface area contributed by atoms with Crippen molar-refractivity contribution in [1.82, 2.24) is 4.90 Å². The first-order chi connectivity index (χ1) is 14.3. The Labute approximate surface area is 190 Å². The van der Waals surface area contributed by atoms with Gasteiger partial charge in [-0.3, -0.25) is 0 Å². The second-order valence-electron chi connectivity index (χ2n) is 9.44. The van der Waals surface area contributed by atoms with Crippen molar-refractivity contribution in [2.24, 2.45) is 0 Å². The van der Waals surface area contributed by atoms with E-state index >= 15 is 0 Å². The molecule has 0 fully saturated rings. The molecule has 0 saturated heterocycles. The van der Waals surface area contributed by atoms with Crippen molar-refractivity contribution in [3.05, 3.63) is 35.9 Å². The van der Waals surface area contributed by atoms with Crippen molar-refractivity contribution >= 4 is 24.5 Å². The Balaban J connectivity index is 3.42. The molecule has 0 aliphatic heterocycles. The molecule has 4 heteroatoms. The molecule has 3 nitrogen and oxygen atoms in total. The zero-order chi connectivity index (χ0) is 22.6. The molecule has 1 atom stereocenters. The standard InChI is InChI=1S/C14H20NO2.3C4H9.Sn/c1-11(2)15(12(3)4)14(16)17-10-13-8-6-5-7-9-13;3*1-3-4-2;/h5-12H,1-4H3;3*1,3-4H2,2H3;. The molecule has 0 aromatic heterocycles. The Bertz CT molecular complexity index is 558. The topological polar surface area (TPSA) is 29.5 Å². The van der Waals surface area contributed by atoms with Crippen LogP contribution < -0.4 is 0 Å². The predicted octanol–water partition coefficient (Wildman–Crippen LogP) is 8.37. The van der Waals surface area contributed by atoms with Gasteiger partial charge in [0.25, 0.3) is 0 Å². The third-order valence-electron chi connectivity index (χ3n) is 6.29. The van der Waals surface area contributed by atoms with E-state index in [0.717, 1.165) is 0 Å². The SMILES string of the molecule is CCC[CH2][Sn]([CH2]CCC)([CH2]CCC)[C@H](OC(=O)N(C(C)C)C(C)C)c1ccccc1. The molecule has 30 heavy (non-hydrogen) atoms. The number of unbranched alkanes of at least 4 members (excludes halogenated alkanes) is 3. The molecule has 1 aromatic carbocycles. The molecular formula is C26H47NO2Sn. The molecule has 1 amide bonds. The van der Waals surface area contributed by atoms with E-state index in [1.54, 1.807) is 0 Å². The molecule has 0 unspecified atom stereocenters. The number of carbonyl (C=O) groups excluding carboxylic acids is 1. The molecule has 0 heterocycles. The van der Waals surface area contributed by atoms with Gasteiger partial charge < -0.3 is 0 Å². The van der Waals surface area contributed by atoms with Gasteiger partial charge in [-0.05, 0) is 0 Å². The Kier molecular flexibility index (Phi) is 13.1. The van der Waals surface area contributed by atoms with Crippen molar-refractivity contribution < 1.29 is 9.53 Å². The summed E-state index contributed by atoms with van der Waals surface area (Å²) >= 11 is -2.84. The van der Waals surface area contributed by atoms with Gasteiger partial charge in [0.1, 0.15) is 0 Å². The number of carbonyl (C=O) groups is 1. The van der Waals surface area contributed by atoms with Crippen LogP contribution in [0.5, 0.6) is 0 Å². The zero-order valence-corrected chi connectivity index (χ0v) is 23.6. The molecule has 0 aliphatic carbocycles. The average molecular weight is 524 g/mol. The Morgan fingerprint density at radius 3 is 1.63 bits per heavy atom. The van der Waals surface area contributed by atoms with E-state index in [0.29, 0.717) is 0 Å². The van der Waals surface area contributed by atoms with Gasteiger partial charge in [-0.2, -0.15) is 0 Å². The van der Waals surface area contributed by atoms with Gasteiger partial charge in [0.05, 0.1) is 0 Å². The minimum atomic E-state index is -2.84. The number of hydrogen-bond acceptors (Lipinski definition) is 2. The summed E-state index contributed by atoms with van der Waals surface area (Å²) in [6, 6.07) is 11.0. The van der Waals surface area contributed by atoms with Crippen LogP contribution in [0.15, 0.2) is 30.3 Å². The van der Waals surface area contributed by atoms with Crippen LogP contribution in [0.25, 0.3) is 0 Å². The monoisotopic (exact) mass is 525 g/mol. The van der Waals surface area contributed by atoms with E-state index in [9.17, 15) is 4.79 Å². The summed E-state index contributed by atoms with van der Waals surface area (Å²) in [7, 11) is 0. The van der Waals surface area contributed by atoms with Gasteiger partial charge in [0, 0.05) is 0 Å². The van der Waals surface area contributed by atoms with Gasteiger partial charge >= 0.3 is 191 Å². The minimum absolute atomic E-state index is 0.0117. The third-order valence-corrected chi connectivity index (χ3v) is 22.3. The molecule has 0 radical (unpaired) electrons. The van der Waals surface area contributed by atoms with Crippen LogP contribution in [0.4, 0.5) is 4.79 Å². The van der Waals surface area contributed by atoms with E-state index in [2.05, 4.69) is 78.8 Å². The number of rotatable bonds is 14. The van der Waals surface area contributed by atoms with Crippen LogP contribution in [-0.2, 0) is 4.74 Å². The average Bonchev–Trinajstić information content (AvgIpc) is 2.72. The number of benzene rings is 1. The van der Waals surface area contributed by atoms with Crippen molar-refractivity contribution in [2.75, 3.05) is 0 Å². The Morgan fingerprint density at radius 1 is 0.833 bits per heavy atom. The summed E-state index contributed by atoms with van der Waals surface area (Å²) in [5, 5.41) is 0. The van der Waals surface area contributed by atoms with Gasteiger partial charge in [0.2, 0.25) is 0 Å². The van der Waals surface area contributed by atoms with E-state index in [1.807, 2.05) is 4.90 Å². The van der Waals surface area contributed by atoms with Crippen LogP contribution in [0.1, 0.15) is 96.7 Å². The second-order valence-corrected chi connectivity index (χ2v) is 23.0. The maximum absolute atomic E-state index is 13.4. The third kappa shape index (κ3) is 8.09. The van der Waals surface area contributed by atoms with E-state index in [1.165, 1.54) is 57.4 Å². The Morgan fingerprint density at radius 2 is 1.27 bits per heavy atom. The van der Waals surface area contributed by atoms with Crippen LogP contribution >= 0.6 is 0 Å². The van der Waals surface area contributed by atoms with Crippen molar-refractivity contribution in [1.29, 1.82) is 0 Å². The first kappa shape index (κ1) is 27.3. The molecule has 0 spiro atoms. The summed E-state index contributed by atoms with van der Waals surface area (Å²) < 4.78 is 10.5. The molecule has 172 valence electrons. The zero-order valence-electron chi connectivity index (χ0n) is 20.7. The Hall–Kier alpha value is -0.711. The number of ether oxygens (including phenoxy) is 1. The first-order valence-corrected chi connectivity index (χ1v) is 20.1. The van der Waals surface area contributed by atoms with Crippen LogP contribution in [0.3, 0.4) is 0 Å². The molecule has 1 aromatic rings. The fourth-order valence-corrected chi connectivity index (χ4v) is 21.7. The van der Waals surface area contributed by atoms with Gasteiger partial charge in [0.15, 0.2) is 0 Å². The molecule has 0 aliphatic rings. The van der Waals surface area contributed by atoms with Gasteiger partial charge in [-0.1, -0.05) is 0 Å². The number of amides is 1. The molecule has 0 saturated carbocycles. The van der Waals surface area contributed by atoms with Crippen molar-refractivity contribution in [3.63, 3.8) is 0 Å². The molecule has 0 bridgehead atoms. The molecule has 0 N–H and O–H groups in total. The number of hydrogen-bond donors (Lipinski definition) is 0. The van der Waals surface area contributed by atoms with E-state index in [-0.39, 0.29) is 22.3 Å². The fraction of sp³-hybridized carbons (Fsp3) is 0.731. The van der Waals surface area contributed by atoms with Crippen LogP contribution in [-0.4, -0.2) is 41.5 Å². The van der Waals surface area contributed by atoms with Crippen molar-refractivity contribution in [2.45, 2.75) is 117 Å². The molecule has 1 rings (SSSR count). The first-order valence-electron chi connectivity index (χ1n) is 12.4. The van der Waals surface area contributed by atoms with Crippen molar-refractivity contribution in [3.8, 4) is 0 Å².